The molecule has 156 valence electrons. The van der Waals surface area contributed by atoms with Crippen LogP contribution >= 0.6 is 27.7 Å². The molecular weight excluding hydrogens is 442 g/mol. The highest BCUT2D eigenvalue weighted by Gasteiger charge is 2.24. The Labute approximate surface area is 180 Å². The van der Waals surface area contributed by atoms with Crippen LogP contribution in [0.3, 0.4) is 0 Å². The van der Waals surface area contributed by atoms with E-state index in [0.29, 0.717) is 12.1 Å². The first-order valence-corrected chi connectivity index (χ1v) is 11.4. The van der Waals surface area contributed by atoms with Gasteiger partial charge in [0.25, 0.3) is 0 Å². The molecule has 1 aromatic rings. The van der Waals surface area contributed by atoms with Crippen molar-refractivity contribution in [1.29, 1.82) is 0 Å². The summed E-state index contributed by atoms with van der Waals surface area (Å²) in [6, 6.07) is 3.80. The van der Waals surface area contributed by atoms with Gasteiger partial charge in [-0.05, 0) is 37.5 Å². The Hall–Kier alpha value is -1.34. The Bertz CT molecular complexity index is 693. The Morgan fingerprint density at radius 2 is 1.79 bits per heavy atom. The van der Waals surface area contributed by atoms with E-state index in [1.807, 2.05) is 26.0 Å². The smallest absolute Gasteiger partial charge is 0.325 e. The lowest BCUT2D eigenvalue weighted by Crippen LogP contribution is -2.38. The quantitative estimate of drug-likeness (QED) is 0.328. The second-order valence-corrected chi connectivity index (χ2v) is 8.61. The molecule has 28 heavy (non-hydrogen) atoms. The van der Waals surface area contributed by atoms with Gasteiger partial charge in [0.15, 0.2) is 5.12 Å². The third kappa shape index (κ3) is 7.95. The van der Waals surface area contributed by atoms with Crippen LogP contribution in [-0.2, 0) is 19.1 Å². The van der Waals surface area contributed by atoms with Gasteiger partial charge < -0.3 is 4.74 Å². The normalized spacial score (nSPS) is 10.6. The average Bonchev–Trinajstić information content (AvgIpc) is 2.68. The minimum atomic E-state index is -0.501. The van der Waals surface area contributed by atoms with Crippen molar-refractivity contribution in [2.75, 3.05) is 24.3 Å². The van der Waals surface area contributed by atoms with E-state index in [9.17, 15) is 14.4 Å². The van der Waals surface area contributed by atoms with Gasteiger partial charge >= 0.3 is 5.97 Å². The van der Waals surface area contributed by atoms with E-state index >= 15 is 0 Å². The maximum atomic E-state index is 12.9. The summed E-state index contributed by atoms with van der Waals surface area (Å²) in [5.41, 5.74) is 2.42. The molecule has 0 radical (unpaired) electrons. The molecule has 0 N–H and O–H groups in total. The molecule has 0 fully saturated rings. The third-order valence-corrected chi connectivity index (χ3v) is 6.27. The number of esters is 1. The Kier molecular flexibility index (Phi) is 11.5. The van der Waals surface area contributed by atoms with Crippen molar-refractivity contribution in [3.8, 4) is 0 Å². The van der Waals surface area contributed by atoms with E-state index in [4.69, 9.17) is 4.74 Å². The summed E-state index contributed by atoms with van der Waals surface area (Å²) >= 11 is 4.50. The number of aryl methyl sites for hydroxylation is 1. The molecule has 1 amide bonds. The van der Waals surface area contributed by atoms with Crippen LogP contribution in [0.1, 0.15) is 56.6 Å². The second kappa shape index (κ2) is 13.0. The van der Waals surface area contributed by atoms with Gasteiger partial charge in [0.2, 0.25) is 5.91 Å². The highest BCUT2D eigenvalue weighted by molar-refractivity contribution is 9.10. The highest BCUT2D eigenvalue weighted by Crippen LogP contribution is 2.31. The van der Waals surface area contributed by atoms with Gasteiger partial charge in [0.1, 0.15) is 6.54 Å². The summed E-state index contributed by atoms with van der Waals surface area (Å²) in [5, 5.41) is 0.0190. The van der Waals surface area contributed by atoms with Crippen LogP contribution < -0.4 is 4.90 Å². The number of carbonyl (C=O) groups excluding carboxylic acids is 3. The molecular formula is C21H30BrNO4S. The van der Waals surface area contributed by atoms with Crippen molar-refractivity contribution in [1.82, 2.24) is 0 Å². The zero-order valence-electron chi connectivity index (χ0n) is 17.2. The van der Waals surface area contributed by atoms with Crippen molar-refractivity contribution in [2.45, 2.75) is 59.3 Å². The van der Waals surface area contributed by atoms with Gasteiger partial charge in [-0.15, -0.1) is 0 Å². The number of hydrogen-bond acceptors (Lipinski definition) is 5. The fraction of sp³-hybridized carbons (Fsp3) is 0.571. The molecule has 1 rings (SSSR count). The van der Waals surface area contributed by atoms with Crippen LogP contribution in [0.15, 0.2) is 16.6 Å². The number of nitrogens with zero attached hydrogens (tertiary/aromatic N) is 1. The molecule has 0 atom stereocenters. The van der Waals surface area contributed by atoms with E-state index in [2.05, 4.69) is 22.9 Å². The molecule has 0 aromatic heterocycles. The number of anilines is 1. The zero-order valence-corrected chi connectivity index (χ0v) is 19.6. The largest absolute Gasteiger partial charge is 0.468 e. The van der Waals surface area contributed by atoms with Crippen LogP contribution in [0, 0.1) is 13.8 Å². The molecule has 1 aromatic carbocycles. The third-order valence-electron chi connectivity index (χ3n) is 4.49. The standard InChI is InChI=1S/C21H30BrNO4S/c1-5-6-7-8-9-10-20(26)28-14-18(24)23(13-19(25)27-4)21-15(2)11-12-17(22)16(21)3/h11-12H,5-10,13-14H2,1-4H3. The maximum Gasteiger partial charge on any atom is 0.325 e. The van der Waals surface area contributed by atoms with Gasteiger partial charge in [-0.25, -0.2) is 0 Å². The summed E-state index contributed by atoms with van der Waals surface area (Å²) < 4.78 is 5.61. The van der Waals surface area contributed by atoms with Crippen LogP contribution in [0.4, 0.5) is 5.69 Å². The Balaban J connectivity index is 2.78. The fourth-order valence-corrected chi connectivity index (χ4v) is 3.93. The van der Waals surface area contributed by atoms with E-state index in [0.717, 1.165) is 46.6 Å². The first-order chi connectivity index (χ1) is 13.3. The predicted molar refractivity (Wildman–Crippen MR) is 119 cm³/mol. The fourth-order valence-electron chi connectivity index (χ4n) is 2.88. The number of unbranched alkanes of at least 4 members (excludes halogenated alkanes) is 4. The SMILES string of the molecule is CCCCCCCC(=O)SCC(=O)N(CC(=O)OC)c1c(C)ccc(Br)c1C. The van der Waals surface area contributed by atoms with Gasteiger partial charge in [0, 0.05) is 10.9 Å². The number of carbonyl (C=O) groups is 3. The molecule has 0 unspecified atom stereocenters. The monoisotopic (exact) mass is 471 g/mol. The highest BCUT2D eigenvalue weighted by atomic mass is 79.9. The van der Waals surface area contributed by atoms with Crippen LogP contribution in [0.5, 0.6) is 0 Å². The number of amides is 1. The molecule has 0 saturated carbocycles. The van der Waals surface area contributed by atoms with Crippen LogP contribution in [0.2, 0.25) is 0 Å². The molecule has 0 aliphatic heterocycles. The zero-order chi connectivity index (χ0) is 21.1. The lowest BCUT2D eigenvalue weighted by atomic mass is 10.1. The lowest BCUT2D eigenvalue weighted by molar-refractivity contribution is -0.139. The second-order valence-electron chi connectivity index (χ2n) is 6.72. The average molecular weight is 472 g/mol. The van der Waals surface area contributed by atoms with Crippen LogP contribution in [-0.4, -0.2) is 36.4 Å². The molecule has 0 heterocycles. The summed E-state index contributed by atoms with van der Waals surface area (Å²) in [6.07, 6.45) is 5.87. The Morgan fingerprint density at radius 1 is 1.11 bits per heavy atom. The first kappa shape index (κ1) is 24.7. The molecule has 0 saturated heterocycles. The molecule has 0 aliphatic carbocycles. The number of methoxy groups -OCH3 is 1. The van der Waals surface area contributed by atoms with Crippen molar-refractivity contribution in [2.24, 2.45) is 0 Å². The van der Waals surface area contributed by atoms with Crippen molar-refractivity contribution in [3.63, 3.8) is 0 Å². The molecule has 0 aliphatic rings. The number of halogens is 1. The molecule has 0 spiro atoms. The van der Waals surface area contributed by atoms with Crippen molar-refractivity contribution >= 4 is 50.4 Å². The summed E-state index contributed by atoms with van der Waals surface area (Å²) in [6.45, 7) is 5.75. The van der Waals surface area contributed by atoms with Gasteiger partial charge in [-0.2, -0.15) is 0 Å². The number of thioether (sulfide) groups is 1. The summed E-state index contributed by atoms with van der Waals surface area (Å²) in [4.78, 5) is 38.3. The van der Waals surface area contributed by atoms with Crippen molar-refractivity contribution < 1.29 is 19.1 Å². The number of rotatable bonds is 11. The van der Waals surface area contributed by atoms with E-state index in [1.165, 1.54) is 24.9 Å². The van der Waals surface area contributed by atoms with E-state index in [1.54, 1.807) is 0 Å². The number of hydrogen-bond donors (Lipinski definition) is 0. The minimum Gasteiger partial charge on any atom is -0.468 e. The summed E-state index contributed by atoms with van der Waals surface area (Å²) in [5.74, 6) is -0.769. The summed E-state index contributed by atoms with van der Waals surface area (Å²) in [7, 11) is 1.29. The lowest BCUT2D eigenvalue weighted by Gasteiger charge is -2.25. The molecule has 7 heteroatoms. The van der Waals surface area contributed by atoms with Crippen molar-refractivity contribution in [3.05, 3.63) is 27.7 Å². The van der Waals surface area contributed by atoms with Gasteiger partial charge in [0.05, 0.1) is 18.6 Å². The predicted octanol–water partition coefficient (Wildman–Crippen LogP) is 5.19. The van der Waals surface area contributed by atoms with Gasteiger partial charge in [-0.1, -0.05) is 66.4 Å². The first-order valence-electron chi connectivity index (χ1n) is 9.60. The maximum absolute atomic E-state index is 12.9. The van der Waals surface area contributed by atoms with E-state index < -0.39 is 5.97 Å². The molecule has 0 bridgehead atoms. The topological polar surface area (TPSA) is 63.7 Å². The number of ether oxygens (including phenoxy) is 1. The molecule has 5 nitrogen and oxygen atoms in total. The van der Waals surface area contributed by atoms with E-state index in [-0.39, 0.29) is 23.3 Å². The van der Waals surface area contributed by atoms with Crippen LogP contribution in [0.25, 0.3) is 0 Å². The minimum absolute atomic E-state index is 0.0101. The van der Waals surface area contributed by atoms with Gasteiger partial charge in [-0.3, -0.25) is 19.3 Å². The Morgan fingerprint density at radius 3 is 2.43 bits per heavy atom. The number of benzene rings is 1.